The van der Waals surface area contributed by atoms with Gasteiger partial charge in [0.2, 0.25) is 0 Å². The van der Waals surface area contributed by atoms with Crippen molar-refractivity contribution in [2.75, 3.05) is 18.5 Å². The quantitative estimate of drug-likeness (QED) is 0.428. The molecule has 1 heterocycles. The fourth-order valence-corrected chi connectivity index (χ4v) is 4.98. The van der Waals surface area contributed by atoms with Gasteiger partial charge in [-0.25, -0.2) is 9.59 Å². The van der Waals surface area contributed by atoms with Crippen molar-refractivity contribution in [1.29, 1.82) is 0 Å². The Morgan fingerprint density at radius 2 is 1.94 bits per heavy atom. The van der Waals surface area contributed by atoms with Gasteiger partial charge in [0.25, 0.3) is 5.91 Å². The smallest absolute Gasteiger partial charge is 0.341 e. The fourth-order valence-electron chi connectivity index (χ4n) is 3.22. The Labute approximate surface area is 194 Å². The van der Waals surface area contributed by atoms with E-state index in [0.717, 1.165) is 36.1 Å². The predicted octanol–water partition coefficient (Wildman–Crippen LogP) is 5.31. The lowest BCUT2D eigenvalue weighted by Gasteiger charge is -2.12. The molecule has 3 rings (SSSR count). The average molecular weight is 482 g/mol. The van der Waals surface area contributed by atoms with Crippen molar-refractivity contribution in [3.05, 3.63) is 55.9 Å². The highest BCUT2D eigenvalue weighted by Crippen LogP contribution is 2.38. The Bertz CT molecular complexity index is 1030. The second kappa shape index (κ2) is 10.8. The summed E-state index contributed by atoms with van der Waals surface area (Å²) >= 11 is 13.3. The SMILES string of the molecule is CCOC(=O)c1c(NC(=O)COC(=O)/C=C/c2ccc(Cl)cc2Cl)sc2c1CCCC2. The number of ether oxygens (including phenoxy) is 2. The van der Waals surface area contributed by atoms with Crippen LogP contribution in [0.1, 0.15) is 46.1 Å². The summed E-state index contributed by atoms with van der Waals surface area (Å²) < 4.78 is 10.2. The number of fused-ring (bicyclic) bond motifs is 1. The zero-order valence-electron chi connectivity index (χ0n) is 16.8. The van der Waals surface area contributed by atoms with Gasteiger partial charge in [-0.1, -0.05) is 29.3 Å². The Balaban J connectivity index is 1.61. The molecule has 2 aromatic rings. The van der Waals surface area contributed by atoms with Crippen molar-refractivity contribution in [2.45, 2.75) is 32.6 Å². The lowest BCUT2D eigenvalue weighted by atomic mass is 9.95. The predicted molar refractivity (Wildman–Crippen MR) is 122 cm³/mol. The molecule has 0 unspecified atom stereocenters. The number of halogens is 2. The molecule has 0 radical (unpaired) electrons. The highest BCUT2D eigenvalue weighted by Gasteiger charge is 2.27. The number of carbonyl (C=O) groups excluding carboxylic acids is 3. The van der Waals surface area contributed by atoms with Crippen LogP contribution in [-0.4, -0.2) is 31.1 Å². The molecule has 0 atom stereocenters. The van der Waals surface area contributed by atoms with Crippen LogP contribution < -0.4 is 5.32 Å². The summed E-state index contributed by atoms with van der Waals surface area (Å²) in [6, 6.07) is 4.87. The number of esters is 2. The Kier molecular flexibility index (Phi) is 8.12. The average Bonchev–Trinajstić information content (AvgIpc) is 3.09. The molecular weight excluding hydrogens is 461 g/mol. The van der Waals surface area contributed by atoms with Crippen LogP contribution in [0.5, 0.6) is 0 Å². The first kappa shape index (κ1) is 23.3. The van der Waals surface area contributed by atoms with Crippen molar-refractivity contribution in [3.8, 4) is 0 Å². The lowest BCUT2D eigenvalue weighted by Crippen LogP contribution is -2.21. The number of anilines is 1. The van der Waals surface area contributed by atoms with Crippen molar-refractivity contribution in [3.63, 3.8) is 0 Å². The van der Waals surface area contributed by atoms with E-state index >= 15 is 0 Å². The van der Waals surface area contributed by atoms with Crippen LogP contribution in [0.15, 0.2) is 24.3 Å². The zero-order chi connectivity index (χ0) is 22.4. The minimum absolute atomic E-state index is 0.248. The number of hydrogen-bond acceptors (Lipinski definition) is 6. The van der Waals surface area contributed by atoms with Gasteiger partial charge in [0, 0.05) is 21.0 Å². The zero-order valence-corrected chi connectivity index (χ0v) is 19.2. The molecule has 0 saturated carbocycles. The third-order valence-corrected chi connectivity index (χ3v) is 6.38. The minimum Gasteiger partial charge on any atom is -0.462 e. The molecule has 1 aromatic carbocycles. The molecule has 0 fully saturated rings. The van der Waals surface area contributed by atoms with Gasteiger partial charge in [0.15, 0.2) is 6.61 Å². The van der Waals surface area contributed by atoms with Gasteiger partial charge in [0.05, 0.1) is 12.2 Å². The lowest BCUT2D eigenvalue weighted by molar-refractivity contribution is -0.142. The summed E-state index contributed by atoms with van der Waals surface area (Å²) in [6.07, 6.45) is 6.34. The summed E-state index contributed by atoms with van der Waals surface area (Å²) in [6.45, 7) is 1.50. The number of thiophene rings is 1. The van der Waals surface area contributed by atoms with Gasteiger partial charge in [-0.05, 0) is 61.9 Å². The van der Waals surface area contributed by atoms with E-state index in [-0.39, 0.29) is 6.61 Å². The van der Waals surface area contributed by atoms with E-state index in [1.165, 1.54) is 23.5 Å². The number of carbonyl (C=O) groups is 3. The molecule has 1 aromatic heterocycles. The van der Waals surface area contributed by atoms with Crippen LogP contribution in [-0.2, 0) is 31.9 Å². The topological polar surface area (TPSA) is 81.7 Å². The molecule has 0 spiro atoms. The Morgan fingerprint density at radius 1 is 1.16 bits per heavy atom. The van der Waals surface area contributed by atoms with Gasteiger partial charge >= 0.3 is 11.9 Å². The summed E-state index contributed by atoms with van der Waals surface area (Å²) in [5.41, 5.74) is 1.96. The summed E-state index contributed by atoms with van der Waals surface area (Å²) in [5.74, 6) is -1.68. The molecule has 164 valence electrons. The molecular formula is C22H21Cl2NO5S. The van der Waals surface area contributed by atoms with Crippen molar-refractivity contribution in [1.82, 2.24) is 0 Å². The third-order valence-electron chi connectivity index (χ3n) is 4.61. The largest absolute Gasteiger partial charge is 0.462 e. The molecule has 1 amide bonds. The van der Waals surface area contributed by atoms with Gasteiger partial charge in [-0.3, -0.25) is 4.79 Å². The number of benzene rings is 1. The molecule has 9 heteroatoms. The van der Waals surface area contributed by atoms with Crippen LogP contribution in [0.2, 0.25) is 10.0 Å². The third kappa shape index (κ3) is 6.09. The highest BCUT2D eigenvalue weighted by molar-refractivity contribution is 7.17. The number of nitrogens with one attached hydrogen (secondary N) is 1. The maximum Gasteiger partial charge on any atom is 0.341 e. The van der Waals surface area contributed by atoms with Gasteiger partial charge in [-0.2, -0.15) is 0 Å². The minimum atomic E-state index is -0.697. The summed E-state index contributed by atoms with van der Waals surface area (Å²) in [5, 5.41) is 4.01. The first-order chi connectivity index (χ1) is 14.9. The molecule has 1 aliphatic carbocycles. The number of amides is 1. The maximum atomic E-state index is 12.4. The van der Waals surface area contributed by atoms with Crippen molar-refractivity contribution >= 4 is 63.5 Å². The maximum absolute atomic E-state index is 12.4. The van der Waals surface area contributed by atoms with E-state index in [9.17, 15) is 14.4 Å². The van der Waals surface area contributed by atoms with Crippen molar-refractivity contribution in [2.24, 2.45) is 0 Å². The van der Waals surface area contributed by atoms with Gasteiger partial charge in [-0.15, -0.1) is 11.3 Å². The standard InChI is InChI=1S/C22H21Cl2NO5S/c1-2-29-22(28)20-15-5-3-4-6-17(15)31-21(20)25-18(26)12-30-19(27)10-8-13-7-9-14(23)11-16(13)24/h7-11H,2-6,12H2,1H3,(H,25,26)/b10-8+. The number of rotatable bonds is 7. The van der Waals surface area contributed by atoms with Gasteiger partial charge < -0.3 is 14.8 Å². The highest BCUT2D eigenvalue weighted by atomic mass is 35.5. The normalized spacial score (nSPS) is 13.0. The Hall–Kier alpha value is -2.35. The van der Waals surface area contributed by atoms with E-state index in [1.54, 1.807) is 25.1 Å². The van der Waals surface area contributed by atoms with E-state index in [4.69, 9.17) is 32.7 Å². The molecule has 31 heavy (non-hydrogen) atoms. The molecule has 0 aliphatic heterocycles. The molecule has 1 N–H and O–H groups in total. The monoisotopic (exact) mass is 481 g/mol. The van der Waals surface area contributed by atoms with E-state index in [1.807, 2.05) is 0 Å². The first-order valence-electron chi connectivity index (χ1n) is 9.80. The van der Waals surface area contributed by atoms with E-state index in [0.29, 0.717) is 26.2 Å². The number of aryl methyl sites for hydroxylation is 1. The fraction of sp³-hybridized carbons (Fsp3) is 0.318. The first-order valence-corrected chi connectivity index (χ1v) is 11.4. The second-order valence-electron chi connectivity index (χ2n) is 6.79. The summed E-state index contributed by atoms with van der Waals surface area (Å²) in [4.78, 5) is 37.8. The molecule has 0 saturated heterocycles. The van der Waals surface area contributed by atoms with Gasteiger partial charge in [0.1, 0.15) is 5.00 Å². The Morgan fingerprint density at radius 3 is 2.68 bits per heavy atom. The number of hydrogen-bond donors (Lipinski definition) is 1. The van der Waals surface area contributed by atoms with Crippen LogP contribution in [0.4, 0.5) is 5.00 Å². The molecule has 1 aliphatic rings. The van der Waals surface area contributed by atoms with Crippen LogP contribution >= 0.6 is 34.5 Å². The summed E-state index contributed by atoms with van der Waals surface area (Å²) in [7, 11) is 0. The van der Waals surface area contributed by atoms with Crippen LogP contribution in [0.25, 0.3) is 6.08 Å². The molecule has 0 bridgehead atoms. The van der Waals surface area contributed by atoms with E-state index in [2.05, 4.69) is 5.32 Å². The molecule has 6 nitrogen and oxygen atoms in total. The van der Waals surface area contributed by atoms with Crippen molar-refractivity contribution < 1.29 is 23.9 Å². The van der Waals surface area contributed by atoms with E-state index < -0.39 is 24.5 Å². The van der Waals surface area contributed by atoms with Crippen LogP contribution in [0.3, 0.4) is 0 Å². The second-order valence-corrected chi connectivity index (χ2v) is 8.74. The van der Waals surface area contributed by atoms with Crippen LogP contribution in [0, 0.1) is 0 Å².